The van der Waals surface area contributed by atoms with Crippen LogP contribution in [0.5, 0.6) is 0 Å². The Hall–Kier alpha value is -1.32. The Bertz CT molecular complexity index is 329. The van der Waals surface area contributed by atoms with Crippen LogP contribution in [-0.2, 0) is 12.8 Å². The highest BCUT2D eigenvalue weighted by Crippen LogP contribution is 2.19. The van der Waals surface area contributed by atoms with E-state index in [-0.39, 0.29) is 5.91 Å². The molecule has 0 saturated carbocycles. The fourth-order valence-corrected chi connectivity index (χ4v) is 1.68. The molecule has 2 rings (SSSR count). The summed E-state index contributed by atoms with van der Waals surface area (Å²) >= 11 is 0. The molecule has 0 aliphatic carbocycles. The topological polar surface area (TPSA) is 49.0 Å². The number of H-pyrrole nitrogens is 1. The van der Waals surface area contributed by atoms with E-state index >= 15 is 0 Å². The van der Waals surface area contributed by atoms with Crippen LogP contribution in [-0.4, -0.2) is 34.6 Å². The average molecular weight is 179 g/mol. The number of hydrogen-bond acceptors (Lipinski definition) is 2. The predicted octanol–water partition coefficient (Wildman–Crippen LogP) is 0.600. The summed E-state index contributed by atoms with van der Waals surface area (Å²) in [6.07, 6.45) is 1.70. The van der Waals surface area contributed by atoms with Gasteiger partial charge < -0.3 is 4.90 Å². The first kappa shape index (κ1) is 8.29. The molecule has 0 radical (unpaired) electrons. The number of rotatable bonds is 1. The van der Waals surface area contributed by atoms with Gasteiger partial charge in [0.05, 0.1) is 17.0 Å². The summed E-state index contributed by atoms with van der Waals surface area (Å²) in [6.45, 7) is 2.80. The number of amides is 1. The minimum absolute atomic E-state index is 0.104. The summed E-state index contributed by atoms with van der Waals surface area (Å²) in [6, 6.07) is 0. The lowest BCUT2D eigenvalue weighted by Gasteiger charge is -2.22. The summed E-state index contributed by atoms with van der Waals surface area (Å²) in [5.74, 6) is 0.104. The van der Waals surface area contributed by atoms with Crippen LogP contribution in [0.25, 0.3) is 0 Å². The summed E-state index contributed by atoms with van der Waals surface area (Å²) in [5.41, 5.74) is 2.70. The first-order valence-electron chi connectivity index (χ1n) is 4.55. The highest BCUT2D eigenvalue weighted by atomic mass is 16.2. The molecule has 0 unspecified atom stereocenters. The number of aromatic nitrogens is 2. The van der Waals surface area contributed by atoms with Gasteiger partial charge in [-0.15, -0.1) is 0 Å². The van der Waals surface area contributed by atoms with Crippen LogP contribution in [0.15, 0.2) is 0 Å². The van der Waals surface area contributed by atoms with Crippen LogP contribution in [0.4, 0.5) is 0 Å². The number of aryl methyl sites for hydroxylation is 1. The lowest BCUT2D eigenvalue weighted by molar-refractivity contribution is 0.0779. The standard InChI is InChI=1S/C9H13N3O/c1-3-6-8-7(11-10-6)4-5-12(2)9(8)13/h3-5H2,1-2H3,(H,10,11). The molecule has 4 nitrogen and oxygen atoms in total. The van der Waals surface area contributed by atoms with Gasteiger partial charge in [-0.25, -0.2) is 0 Å². The van der Waals surface area contributed by atoms with E-state index in [1.165, 1.54) is 0 Å². The Morgan fingerprint density at radius 1 is 1.62 bits per heavy atom. The molecule has 1 amide bonds. The second-order valence-corrected chi connectivity index (χ2v) is 3.35. The molecule has 0 bridgehead atoms. The number of aromatic amines is 1. The highest BCUT2D eigenvalue weighted by Gasteiger charge is 2.26. The number of nitrogens with zero attached hydrogens (tertiary/aromatic N) is 2. The van der Waals surface area contributed by atoms with E-state index in [2.05, 4.69) is 10.2 Å². The zero-order valence-electron chi connectivity index (χ0n) is 7.92. The van der Waals surface area contributed by atoms with E-state index in [4.69, 9.17) is 0 Å². The van der Waals surface area contributed by atoms with Crippen molar-refractivity contribution >= 4 is 5.91 Å². The second kappa shape index (κ2) is 2.87. The number of likely N-dealkylation sites (N-methyl/N-ethyl adjacent to an activating group) is 1. The molecule has 13 heavy (non-hydrogen) atoms. The van der Waals surface area contributed by atoms with E-state index < -0.39 is 0 Å². The molecule has 0 atom stereocenters. The molecule has 0 spiro atoms. The van der Waals surface area contributed by atoms with Gasteiger partial charge in [0.1, 0.15) is 0 Å². The van der Waals surface area contributed by atoms with Crippen LogP contribution < -0.4 is 0 Å². The Morgan fingerprint density at radius 2 is 2.38 bits per heavy atom. The molecule has 4 heteroatoms. The largest absolute Gasteiger partial charge is 0.341 e. The minimum Gasteiger partial charge on any atom is -0.341 e. The van der Waals surface area contributed by atoms with Gasteiger partial charge in [0.2, 0.25) is 0 Å². The van der Waals surface area contributed by atoms with Crippen molar-refractivity contribution in [2.75, 3.05) is 13.6 Å². The van der Waals surface area contributed by atoms with E-state index in [1.807, 2.05) is 14.0 Å². The van der Waals surface area contributed by atoms with E-state index in [0.717, 1.165) is 36.3 Å². The Balaban J connectivity index is 2.49. The number of fused-ring (bicyclic) bond motifs is 1. The number of carbonyl (C=O) groups excluding carboxylic acids is 1. The number of carbonyl (C=O) groups is 1. The van der Waals surface area contributed by atoms with Gasteiger partial charge >= 0.3 is 0 Å². The van der Waals surface area contributed by atoms with Gasteiger partial charge in [0.25, 0.3) is 5.91 Å². The van der Waals surface area contributed by atoms with Gasteiger partial charge in [-0.1, -0.05) is 6.92 Å². The molecular formula is C9H13N3O. The average Bonchev–Trinajstić information content (AvgIpc) is 2.55. The van der Waals surface area contributed by atoms with Crippen molar-refractivity contribution in [1.29, 1.82) is 0 Å². The molecule has 0 aromatic carbocycles. The molecule has 0 fully saturated rings. The van der Waals surface area contributed by atoms with E-state index in [9.17, 15) is 4.79 Å². The zero-order valence-corrected chi connectivity index (χ0v) is 7.92. The first-order chi connectivity index (χ1) is 6.24. The third-order valence-electron chi connectivity index (χ3n) is 2.51. The lowest BCUT2D eigenvalue weighted by atomic mass is 10.0. The Kier molecular flexibility index (Phi) is 1.83. The van der Waals surface area contributed by atoms with Crippen molar-refractivity contribution in [3.8, 4) is 0 Å². The Labute approximate surface area is 76.9 Å². The van der Waals surface area contributed by atoms with Crippen molar-refractivity contribution in [1.82, 2.24) is 15.1 Å². The first-order valence-corrected chi connectivity index (χ1v) is 4.55. The molecular weight excluding hydrogens is 166 g/mol. The fraction of sp³-hybridized carbons (Fsp3) is 0.556. The molecule has 1 aliphatic rings. The van der Waals surface area contributed by atoms with Crippen molar-refractivity contribution < 1.29 is 4.79 Å². The summed E-state index contributed by atoms with van der Waals surface area (Å²) in [5, 5.41) is 7.06. The normalized spacial score (nSPS) is 16.2. The van der Waals surface area contributed by atoms with Gasteiger partial charge in [-0.05, 0) is 6.42 Å². The van der Waals surface area contributed by atoms with Crippen LogP contribution in [0.2, 0.25) is 0 Å². The molecule has 1 aromatic rings. The maximum absolute atomic E-state index is 11.7. The summed E-state index contributed by atoms with van der Waals surface area (Å²) in [4.78, 5) is 13.5. The smallest absolute Gasteiger partial charge is 0.257 e. The molecule has 70 valence electrons. The van der Waals surface area contributed by atoms with Gasteiger partial charge in [0.15, 0.2) is 0 Å². The third kappa shape index (κ3) is 1.13. The molecule has 0 saturated heterocycles. The quantitative estimate of drug-likeness (QED) is 0.686. The van der Waals surface area contributed by atoms with Crippen LogP contribution in [0.3, 0.4) is 0 Å². The van der Waals surface area contributed by atoms with Crippen molar-refractivity contribution in [2.45, 2.75) is 19.8 Å². The summed E-state index contributed by atoms with van der Waals surface area (Å²) in [7, 11) is 1.83. The van der Waals surface area contributed by atoms with Crippen LogP contribution >= 0.6 is 0 Å². The molecule has 1 N–H and O–H groups in total. The SMILES string of the molecule is CCc1n[nH]c2c1C(=O)N(C)CC2. The van der Waals surface area contributed by atoms with Crippen molar-refractivity contribution in [3.05, 3.63) is 17.0 Å². The maximum Gasteiger partial charge on any atom is 0.257 e. The van der Waals surface area contributed by atoms with Gasteiger partial charge in [-0.2, -0.15) is 5.10 Å². The van der Waals surface area contributed by atoms with Crippen molar-refractivity contribution in [2.24, 2.45) is 0 Å². The Morgan fingerprint density at radius 3 is 3.08 bits per heavy atom. The fourth-order valence-electron chi connectivity index (χ4n) is 1.68. The third-order valence-corrected chi connectivity index (χ3v) is 2.51. The van der Waals surface area contributed by atoms with Gasteiger partial charge in [-0.3, -0.25) is 9.89 Å². The molecule has 2 heterocycles. The zero-order chi connectivity index (χ0) is 9.42. The van der Waals surface area contributed by atoms with Crippen molar-refractivity contribution in [3.63, 3.8) is 0 Å². The van der Waals surface area contributed by atoms with Gasteiger partial charge in [0, 0.05) is 20.0 Å². The lowest BCUT2D eigenvalue weighted by Crippen LogP contribution is -2.34. The van der Waals surface area contributed by atoms with Crippen LogP contribution in [0.1, 0.15) is 28.7 Å². The minimum atomic E-state index is 0.104. The highest BCUT2D eigenvalue weighted by molar-refractivity contribution is 5.97. The van der Waals surface area contributed by atoms with Crippen LogP contribution in [0, 0.1) is 0 Å². The molecule has 1 aromatic heterocycles. The number of hydrogen-bond donors (Lipinski definition) is 1. The number of nitrogens with one attached hydrogen (secondary N) is 1. The van der Waals surface area contributed by atoms with E-state index in [0.29, 0.717) is 0 Å². The molecule has 1 aliphatic heterocycles. The summed E-state index contributed by atoms with van der Waals surface area (Å²) < 4.78 is 0. The van der Waals surface area contributed by atoms with E-state index in [1.54, 1.807) is 4.90 Å². The maximum atomic E-state index is 11.7. The monoisotopic (exact) mass is 179 g/mol. The second-order valence-electron chi connectivity index (χ2n) is 3.35. The predicted molar refractivity (Wildman–Crippen MR) is 48.6 cm³/mol.